The van der Waals surface area contributed by atoms with Crippen molar-refractivity contribution in [3.05, 3.63) is 29.0 Å². The molecule has 22 heavy (non-hydrogen) atoms. The van der Waals surface area contributed by atoms with Crippen molar-refractivity contribution in [3.8, 4) is 0 Å². The molecule has 0 unspecified atom stereocenters. The van der Waals surface area contributed by atoms with Crippen LogP contribution in [0.2, 0.25) is 0 Å². The first-order valence-electron chi connectivity index (χ1n) is 6.78. The van der Waals surface area contributed by atoms with Crippen LogP contribution in [0.15, 0.2) is 23.2 Å². The molecule has 0 fully saturated rings. The van der Waals surface area contributed by atoms with Crippen LogP contribution in [0.5, 0.6) is 0 Å². The Morgan fingerprint density at radius 1 is 1.32 bits per heavy atom. The minimum Gasteiger partial charge on any atom is -0.761 e. The number of nitrogen functional groups attached to an aromatic ring is 1. The number of anilines is 2. The molecule has 9 heteroatoms. The number of primary amides is 1. The SMILES string of the molecule is NC(=O)[C@H](CCCN=C(N)N)NCc1cc(N)ccc1N[O-]. The molecule has 0 saturated heterocycles. The third-order valence-electron chi connectivity index (χ3n) is 3.07. The number of amides is 1. The number of benzene rings is 1. The Kier molecular flexibility index (Phi) is 6.93. The van der Waals surface area contributed by atoms with Gasteiger partial charge in [0.1, 0.15) is 0 Å². The molecular formula is C13H22N7O2-. The van der Waals surface area contributed by atoms with Gasteiger partial charge in [-0.15, -0.1) is 0 Å². The van der Waals surface area contributed by atoms with Crippen molar-refractivity contribution in [2.24, 2.45) is 22.2 Å². The highest BCUT2D eigenvalue weighted by Crippen LogP contribution is 2.18. The number of nitrogens with zero attached hydrogens (tertiary/aromatic N) is 1. The van der Waals surface area contributed by atoms with Gasteiger partial charge in [0.2, 0.25) is 5.91 Å². The molecule has 0 aliphatic carbocycles. The van der Waals surface area contributed by atoms with Crippen LogP contribution < -0.4 is 33.7 Å². The van der Waals surface area contributed by atoms with Crippen LogP contribution in [0.1, 0.15) is 18.4 Å². The Labute approximate surface area is 128 Å². The molecule has 0 radical (unpaired) electrons. The molecule has 1 aromatic rings. The predicted octanol–water partition coefficient (Wildman–Crippen LogP) is -0.824. The third kappa shape index (κ3) is 5.85. The van der Waals surface area contributed by atoms with Gasteiger partial charge in [-0.05, 0) is 36.6 Å². The highest BCUT2D eigenvalue weighted by atomic mass is 16.5. The summed E-state index contributed by atoms with van der Waals surface area (Å²) >= 11 is 0. The first kappa shape index (κ1) is 17.5. The van der Waals surface area contributed by atoms with E-state index in [1.54, 1.807) is 18.2 Å². The van der Waals surface area contributed by atoms with E-state index in [9.17, 15) is 10.0 Å². The number of aliphatic imine (C=N–C) groups is 1. The second-order valence-electron chi connectivity index (χ2n) is 4.80. The summed E-state index contributed by atoms with van der Waals surface area (Å²) < 4.78 is 0. The maximum atomic E-state index is 11.4. The predicted molar refractivity (Wildman–Crippen MR) is 87.6 cm³/mol. The monoisotopic (exact) mass is 308 g/mol. The molecule has 0 heterocycles. The van der Waals surface area contributed by atoms with Crippen molar-refractivity contribution in [2.75, 3.05) is 17.8 Å². The van der Waals surface area contributed by atoms with E-state index in [0.29, 0.717) is 36.3 Å². The summed E-state index contributed by atoms with van der Waals surface area (Å²) in [5.41, 5.74) is 24.9. The highest BCUT2D eigenvalue weighted by molar-refractivity contribution is 5.79. The van der Waals surface area contributed by atoms with E-state index >= 15 is 0 Å². The normalized spacial score (nSPS) is 11.7. The fraction of sp³-hybridized carbons (Fsp3) is 0.385. The second-order valence-corrected chi connectivity index (χ2v) is 4.80. The zero-order valence-corrected chi connectivity index (χ0v) is 12.2. The summed E-state index contributed by atoms with van der Waals surface area (Å²) in [7, 11) is 0. The maximum Gasteiger partial charge on any atom is 0.234 e. The van der Waals surface area contributed by atoms with Crippen LogP contribution in [0, 0.1) is 5.21 Å². The molecule has 0 bridgehead atoms. The summed E-state index contributed by atoms with van der Waals surface area (Å²) in [6, 6.07) is 4.31. The van der Waals surface area contributed by atoms with Crippen molar-refractivity contribution >= 4 is 23.2 Å². The largest absolute Gasteiger partial charge is 0.761 e. The van der Waals surface area contributed by atoms with Crippen LogP contribution in [0.4, 0.5) is 11.4 Å². The molecule has 1 amide bonds. The number of guanidine groups is 1. The fourth-order valence-electron chi connectivity index (χ4n) is 1.94. The van der Waals surface area contributed by atoms with Crippen LogP contribution >= 0.6 is 0 Å². The summed E-state index contributed by atoms with van der Waals surface area (Å²) in [5, 5.41) is 13.9. The van der Waals surface area contributed by atoms with Crippen LogP contribution in [-0.4, -0.2) is 24.5 Å². The summed E-state index contributed by atoms with van der Waals surface area (Å²) in [4.78, 5) is 15.3. The van der Waals surface area contributed by atoms with Gasteiger partial charge in [-0.1, -0.05) is 0 Å². The summed E-state index contributed by atoms with van der Waals surface area (Å²) in [5.74, 6) is -0.472. The first-order valence-corrected chi connectivity index (χ1v) is 6.78. The summed E-state index contributed by atoms with van der Waals surface area (Å²) in [6.07, 6.45) is 1.08. The number of hydrogen-bond donors (Lipinski definition) is 6. The Morgan fingerprint density at radius 3 is 2.64 bits per heavy atom. The van der Waals surface area contributed by atoms with Gasteiger partial charge in [0.05, 0.1) is 6.04 Å². The average molecular weight is 308 g/mol. The van der Waals surface area contributed by atoms with E-state index in [1.165, 1.54) is 0 Å². The lowest BCUT2D eigenvalue weighted by Crippen LogP contribution is -2.41. The number of carbonyl (C=O) groups excluding carboxylic acids is 1. The number of hydrogen-bond acceptors (Lipinski definition) is 6. The summed E-state index contributed by atoms with van der Waals surface area (Å²) in [6.45, 7) is 0.699. The molecule has 0 saturated carbocycles. The van der Waals surface area contributed by atoms with E-state index in [4.69, 9.17) is 22.9 Å². The topological polar surface area (TPSA) is 181 Å². The number of rotatable bonds is 9. The van der Waals surface area contributed by atoms with Gasteiger partial charge in [-0.3, -0.25) is 9.79 Å². The number of nitrogens with one attached hydrogen (secondary N) is 2. The molecule has 9 nitrogen and oxygen atoms in total. The highest BCUT2D eigenvalue weighted by Gasteiger charge is 2.14. The smallest absolute Gasteiger partial charge is 0.234 e. The van der Waals surface area contributed by atoms with Gasteiger partial charge in [0.15, 0.2) is 5.96 Å². The van der Waals surface area contributed by atoms with E-state index < -0.39 is 11.9 Å². The minimum atomic E-state index is -0.546. The molecule has 10 N–H and O–H groups in total. The number of carbonyl (C=O) groups is 1. The van der Waals surface area contributed by atoms with E-state index in [-0.39, 0.29) is 12.5 Å². The van der Waals surface area contributed by atoms with Gasteiger partial charge < -0.3 is 38.9 Å². The van der Waals surface area contributed by atoms with Gasteiger partial charge in [0.25, 0.3) is 0 Å². The molecule has 0 aliphatic heterocycles. The molecule has 122 valence electrons. The van der Waals surface area contributed by atoms with Gasteiger partial charge in [0, 0.05) is 24.5 Å². The Morgan fingerprint density at radius 2 is 2.05 bits per heavy atom. The molecule has 0 aromatic heterocycles. The van der Waals surface area contributed by atoms with Gasteiger partial charge in [-0.25, -0.2) is 0 Å². The molecule has 1 aromatic carbocycles. The molecular weight excluding hydrogens is 286 g/mol. The van der Waals surface area contributed by atoms with Gasteiger partial charge >= 0.3 is 0 Å². The fourth-order valence-corrected chi connectivity index (χ4v) is 1.94. The zero-order valence-electron chi connectivity index (χ0n) is 12.2. The van der Waals surface area contributed by atoms with Crippen LogP contribution in [0.3, 0.4) is 0 Å². The van der Waals surface area contributed by atoms with Crippen molar-refractivity contribution in [2.45, 2.75) is 25.4 Å². The molecule has 0 aliphatic rings. The van der Waals surface area contributed by atoms with Crippen LogP contribution in [-0.2, 0) is 11.3 Å². The second kappa shape index (κ2) is 8.70. The van der Waals surface area contributed by atoms with E-state index in [0.717, 1.165) is 0 Å². The standard InChI is InChI=1S/C13H22N7O2/c14-9-3-4-10(20-22)8(6-9)7-19-11(12(15)21)2-1-5-18-13(16)17/h3-4,6,11,19-20H,1-2,5,7,14H2,(H2,15,21)(H4,16,17,18)/q-1/t11-/m0/s1. The minimum absolute atomic E-state index is 0.00880. The Balaban J connectivity index is 2.59. The van der Waals surface area contributed by atoms with Crippen molar-refractivity contribution in [1.29, 1.82) is 0 Å². The Hall–Kier alpha value is -2.52. The van der Waals surface area contributed by atoms with E-state index in [1.807, 2.05) is 5.48 Å². The lowest BCUT2D eigenvalue weighted by molar-refractivity contribution is -0.120. The lowest BCUT2D eigenvalue weighted by atomic mass is 10.1. The van der Waals surface area contributed by atoms with Crippen molar-refractivity contribution in [1.82, 2.24) is 5.32 Å². The average Bonchev–Trinajstić information content (AvgIpc) is 2.45. The van der Waals surface area contributed by atoms with Crippen LogP contribution in [0.25, 0.3) is 0 Å². The molecule has 1 atom stereocenters. The third-order valence-corrected chi connectivity index (χ3v) is 3.07. The molecule has 1 rings (SSSR count). The first-order chi connectivity index (χ1) is 10.4. The lowest BCUT2D eigenvalue weighted by Gasteiger charge is -2.19. The molecule has 0 spiro atoms. The quantitative estimate of drug-likeness (QED) is 0.113. The zero-order chi connectivity index (χ0) is 16.5. The van der Waals surface area contributed by atoms with Crippen molar-refractivity contribution < 1.29 is 4.79 Å². The number of nitrogens with two attached hydrogens (primary N) is 4. The Bertz CT molecular complexity index is 529. The maximum absolute atomic E-state index is 11.4. The van der Waals surface area contributed by atoms with E-state index in [2.05, 4.69) is 10.3 Å². The van der Waals surface area contributed by atoms with Gasteiger partial charge in [-0.2, -0.15) is 0 Å². The van der Waals surface area contributed by atoms with Crippen molar-refractivity contribution in [3.63, 3.8) is 0 Å².